The van der Waals surface area contributed by atoms with Crippen LogP contribution in [0.4, 0.5) is 0 Å². The van der Waals surface area contributed by atoms with E-state index >= 15 is 0 Å². The van der Waals surface area contributed by atoms with Gasteiger partial charge in [0.25, 0.3) is 0 Å². The van der Waals surface area contributed by atoms with Gasteiger partial charge in [-0.25, -0.2) is 0 Å². The Kier molecular flexibility index (Phi) is 13.2. The number of ether oxygens (including phenoxy) is 6. The van der Waals surface area contributed by atoms with Gasteiger partial charge in [-0.05, 0) is 63.1 Å². The molecule has 0 saturated carbocycles. The fraction of sp³-hybridized carbons (Fsp3) is 0.515. The van der Waals surface area contributed by atoms with E-state index in [0.29, 0.717) is 26.1 Å². The summed E-state index contributed by atoms with van der Waals surface area (Å²) >= 11 is 0. The second-order valence-corrected chi connectivity index (χ2v) is 10.5. The van der Waals surface area contributed by atoms with E-state index in [1.807, 2.05) is 65.8 Å². The van der Waals surface area contributed by atoms with E-state index in [2.05, 4.69) is 51.3 Å². The molecule has 0 aromatic heterocycles. The maximum Gasteiger partial charge on any atom is 0.202 e. The van der Waals surface area contributed by atoms with Crippen molar-refractivity contribution >= 4 is 0 Å². The van der Waals surface area contributed by atoms with Crippen LogP contribution in [0.5, 0.6) is 11.5 Å². The highest BCUT2D eigenvalue weighted by Gasteiger charge is 2.24. The van der Waals surface area contributed by atoms with Crippen LogP contribution in [-0.4, -0.2) is 38.4 Å². The van der Waals surface area contributed by atoms with Crippen molar-refractivity contribution in [2.45, 2.75) is 98.8 Å². The molecule has 0 fully saturated rings. The van der Waals surface area contributed by atoms with Gasteiger partial charge in [-0.15, -0.1) is 0 Å². The van der Waals surface area contributed by atoms with Crippen LogP contribution in [-0.2, 0) is 24.4 Å². The molecule has 0 bridgehead atoms. The molecule has 4 atom stereocenters. The summed E-state index contributed by atoms with van der Waals surface area (Å²) in [5, 5.41) is 0. The lowest BCUT2D eigenvalue weighted by Gasteiger charge is -2.27. The third-order valence-corrected chi connectivity index (χ3v) is 6.17. The highest BCUT2D eigenvalue weighted by Crippen LogP contribution is 2.34. The lowest BCUT2D eigenvalue weighted by Crippen LogP contribution is -2.27. The van der Waals surface area contributed by atoms with Gasteiger partial charge in [0, 0.05) is 18.3 Å². The molecule has 2 aromatic carbocycles. The third-order valence-electron chi connectivity index (χ3n) is 6.17. The molecular formula is C33H48O6. The third kappa shape index (κ3) is 11.2. The van der Waals surface area contributed by atoms with E-state index < -0.39 is 12.6 Å². The van der Waals surface area contributed by atoms with E-state index in [0.717, 1.165) is 22.6 Å². The minimum atomic E-state index is -0.395. The Morgan fingerprint density at radius 2 is 1.00 bits per heavy atom. The molecular weight excluding hydrogens is 492 g/mol. The molecule has 0 aliphatic carbocycles. The molecule has 2 rings (SSSR count). The van der Waals surface area contributed by atoms with Crippen molar-refractivity contribution in [2.75, 3.05) is 13.2 Å². The summed E-state index contributed by atoms with van der Waals surface area (Å²) in [7, 11) is 0. The van der Waals surface area contributed by atoms with Crippen LogP contribution in [0.1, 0.15) is 79.4 Å². The molecule has 0 saturated heterocycles. The first kappa shape index (κ1) is 32.6. The quantitative estimate of drug-likeness (QED) is 0.140. The summed E-state index contributed by atoms with van der Waals surface area (Å²) < 4.78 is 35.2. The molecule has 0 radical (unpaired) electrons. The van der Waals surface area contributed by atoms with Crippen molar-refractivity contribution in [1.29, 1.82) is 0 Å². The Labute approximate surface area is 235 Å². The van der Waals surface area contributed by atoms with E-state index in [1.54, 1.807) is 0 Å². The topological polar surface area (TPSA) is 55.4 Å². The fourth-order valence-electron chi connectivity index (χ4n) is 3.81. The van der Waals surface area contributed by atoms with Gasteiger partial charge in [-0.3, -0.25) is 0 Å². The van der Waals surface area contributed by atoms with Crippen LogP contribution in [0.15, 0.2) is 72.8 Å². The SMILES string of the molecule is C=C(C)COC(C)OC(CC)Oc1ccc(C(C)(C)c2ccc(OC(CC)OC(C)OCC(=C)C)cc2)cc1. The first-order valence-electron chi connectivity index (χ1n) is 13.8. The van der Waals surface area contributed by atoms with Gasteiger partial charge in [0.2, 0.25) is 12.6 Å². The maximum atomic E-state index is 6.07. The largest absolute Gasteiger partial charge is 0.465 e. The molecule has 6 heteroatoms. The first-order chi connectivity index (χ1) is 18.4. The van der Waals surface area contributed by atoms with E-state index in [-0.39, 0.29) is 18.0 Å². The van der Waals surface area contributed by atoms with Gasteiger partial charge in [0.15, 0.2) is 12.6 Å². The zero-order valence-electron chi connectivity index (χ0n) is 25.1. The molecule has 0 heterocycles. The Balaban J connectivity index is 1.99. The predicted octanol–water partition coefficient (Wildman–Crippen LogP) is 8.15. The summed E-state index contributed by atoms with van der Waals surface area (Å²) in [6.45, 7) is 24.7. The summed E-state index contributed by atoms with van der Waals surface area (Å²) in [6.07, 6.45) is -0.149. The van der Waals surface area contributed by atoms with Crippen molar-refractivity contribution in [3.63, 3.8) is 0 Å². The molecule has 216 valence electrons. The van der Waals surface area contributed by atoms with Gasteiger partial charge in [0.1, 0.15) is 11.5 Å². The van der Waals surface area contributed by atoms with Crippen LogP contribution in [0.2, 0.25) is 0 Å². The Morgan fingerprint density at radius 1 is 0.667 bits per heavy atom. The molecule has 0 spiro atoms. The van der Waals surface area contributed by atoms with Crippen LogP contribution >= 0.6 is 0 Å². The predicted molar refractivity (Wildman–Crippen MR) is 157 cm³/mol. The highest BCUT2D eigenvalue weighted by molar-refractivity contribution is 5.41. The van der Waals surface area contributed by atoms with E-state index in [1.165, 1.54) is 11.1 Å². The number of rotatable bonds is 18. The number of hydrogen-bond donors (Lipinski definition) is 0. The number of hydrogen-bond acceptors (Lipinski definition) is 6. The van der Waals surface area contributed by atoms with Gasteiger partial charge < -0.3 is 28.4 Å². The Bertz CT molecular complexity index is 930. The zero-order valence-corrected chi connectivity index (χ0v) is 25.1. The van der Waals surface area contributed by atoms with Gasteiger partial charge in [0.05, 0.1) is 13.2 Å². The van der Waals surface area contributed by atoms with Crippen molar-refractivity contribution in [1.82, 2.24) is 0 Å². The van der Waals surface area contributed by atoms with Crippen molar-refractivity contribution < 1.29 is 28.4 Å². The molecule has 39 heavy (non-hydrogen) atoms. The van der Waals surface area contributed by atoms with Crippen LogP contribution < -0.4 is 9.47 Å². The van der Waals surface area contributed by atoms with Gasteiger partial charge in [-0.2, -0.15) is 0 Å². The molecule has 0 N–H and O–H groups in total. The highest BCUT2D eigenvalue weighted by atomic mass is 16.8. The number of benzene rings is 2. The Morgan fingerprint density at radius 3 is 1.28 bits per heavy atom. The fourth-order valence-corrected chi connectivity index (χ4v) is 3.81. The average molecular weight is 541 g/mol. The van der Waals surface area contributed by atoms with E-state index in [4.69, 9.17) is 28.4 Å². The average Bonchev–Trinajstić information content (AvgIpc) is 2.90. The minimum absolute atomic E-state index is 0.214. The van der Waals surface area contributed by atoms with Crippen LogP contribution in [0.25, 0.3) is 0 Å². The summed E-state index contributed by atoms with van der Waals surface area (Å²) in [5.74, 6) is 1.51. The lowest BCUT2D eigenvalue weighted by molar-refractivity contribution is -0.208. The molecule has 0 aliphatic rings. The van der Waals surface area contributed by atoms with Crippen molar-refractivity contribution in [2.24, 2.45) is 0 Å². The second-order valence-electron chi connectivity index (χ2n) is 10.5. The zero-order chi connectivity index (χ0) is 29.0. The summed E-state index contributed by atoms with van der Waals surface area (Å²) in [5.41, 5.74) is 4.04. The lowest BCUT2D eigenvalue weighted by atomic mass is 9.78. The van der Waals surface area contributed by atoms with E-state index in [9.17, 15) is 0 Å². The Hall–Kier alpha value is -2.64. The van der Waals surface area contributed by atoms with Crippen molar-refractivity contribution in [3.8, 4) is 11.5 Å². The molecule has 0 amide bonds. The summed E-state index contributed by atoms with van der Waals surface area (Å²) in [6, 6.07) is 16.3. The normalized spacial score (nSPS) is 14.8. The van der Waals surface area contributed by atoms with Crippen LogP contribution in [0.3, 0.4) is 0 Å². The first-order valence-corrected chi connectivity index (χ1v) is 13.8. The van der Waals surface area contributed by atoms with Gasteiger partial charge in [-0.1, -0.05) is 76.3 Å². The minimum Gasteiger partial charge on any atom is -0.465 e. The van der Waals surface area contributed by atoms with Crippen LogP contribution in [0, 0.1) is 0 Å². The second kappa shape index (κ2) is 15.8. The standard InChI is InChI=1S/C33H48O6/c1-11-31(36-25(7)34-21-23(3)4)38-29-17-13-27(14-18-29)33(9,10)28-15-19-30(20-16-28)39-32(12-2)37-26(8)35-22-24(5)6/h13-20,25-26,31-32H,3,5,11-12,21-22H2,1-2,4,6-10H3. The molecule has 0 aliphatic heterocycles. The maximum absolute atomic E-state index is 6.07. The summed E-state index contributed by atoms with van der Waals surface area (Å²) in [4.78, 5) is 0. The molecule has 4 unspecified atom stereocenters. The molecule has 6 nitrogen and oxygen atoms in total. The monoisotopic (exact) mass is 540 g/mol. The van der Waals surface area contributed by atoms with Crippen molar-refractivity contribution in [3.05, 3.63) is 84.0 Å². The molecule has 2 aromatic rings. The van der Waals surface area contributed by atoms with Gasteiger partial charge >= 0.3 is 0 Å². The smallest absolute Gasteiger partial charge is 0.202 e.